The van der Waals surface area contributed by atoms with Crippen LogP contribution in [0.25, 0.3) is 0 Å². The maximum Gasteiger partial charge on any atom is 0.225 e. The largest absolute Gasteiger partial charge is 0.343 e. The van der Waals surface area contributed by atoms with Crippen LogP contribution >= 0.6 is 0 Å². The number of hydrogen-bond acceptors (Lipinski definition) is 3. The van der Waals surface area contributed by atoms with Gasteiger partial charge in [-0.1, -0.05) is 24.3 Å². The van der Waals surface area contributed by atoms with E-state index in [1.807, 2.05) is 21.9 Å². The summed E-state index contributed by atoms with van der Waals surface area (Å²) in [6, 6.07) is 8.16. The van der Waals surface area contributed by atoms with Gasteiger partial charge in [0.25, 0.3) is 0 Å². The van der Waals surface area contributed by atoms with Crippen molar-refractivity contribution >= 4 is 11.8 Å². The molecule has 3 rings (SSSR count). The van der Waals surface area contributed by atoms with E-state index in [0.717, 1.165) is 63.8 Å². The first kappa shape index (κ1) is 18.9. The topological polar surface area (TPSA) is 66.6 Å². The number of aryl methyl sites for hydroxylation is 1. The van der Waals surface area contributed by atoms with Crippen LogP contribution in [0.3, 0.4) is 0 Å². The quantitative estimate of drug-likeness (QED) is 0.879. The lowest BCUT2D eigenvalue weighted by Gasteiger charge is -2.35. The summed E-state index contributed by atoms with van der Waals surface area (Å²) in [7, 11) is 0. The summed E-state index contributed by atoms with van der Waals surface area (Å²) in [5.74, 6) is 0.634. The van der Waals surface area contributed by atoms with Crippen molar-refractivity contribution in [3.05, 3.63) is 35.4 Å². The summed E-state index contributed by atoms with van der Waals surface area (Å²) < 4.78 is 0. The third-order valence-corrected chi connectivity index (χ3v) is 5.75. The van der Waals surface area contributed by atoms with Crippen LogP contribution in [0, 0.1) is 5.92 Å². The maximum atomic E-state index is 12.6. The number of carbonyl (C=O) groups is 2. The SMILES string of the molecule is NCc1ccc(CCC(=O)N2CCC(C(=O)N3CCCCC3)CC2)cc1. The van der Waals surface area contributed by atoms with Crippen LogP contribution in [0.1, 0.15) is 49.7 Å². The fourth-order valence-corrected chi connectivity index (χ4v) is 4.00. The molecule has 0 aliphatic carbocycles. The van der Waals surface area contributed by atoms with Gasteiger partial charge in [-0.15, -0.1) is 0 Å². The second kappa shape index (κ2) is 9.17. The smallest absolute Gasteiger partial charge is 0.225 e. The summed E-state index contributed by atoms with van der Waals surface area (Å²) in [6.45, 7) is 3.82. The van der Waals surface area contributed by atoms with E-state index in [9.17, 15) is 9.59 Å². The predicted octanol–water partition coefficient (Wildman–Crippen LogP) is 2.33. The van der Waals surface area contributed by atoms with E-state index in [1.54, 1.807) is 0 Å². The van der Waals surface area contributed by atoms with Gasteiger partial charge in [0.2, 0.25) is 11.8 Å². The minimum absolute atomic E-state index is 0.112. The zero-order valence-corrected chi connectivity index (χ0v) is 15.7. The molecule has 0 atom stereocenters. The van der Waals surface area contributed by atoms with Gasteiger partial charge in [-0.2, -0.15) is 0 Å². The lowest BCUT2D eigenvalue weighted by molar-refractivity contribution is -0.141. The van der Waals surface area contributed by atoms with E-state index in [2.05, 4.69) is 12.1 Å². The Morgan fingerprint density at radius 1 is 0.885 bits per heavy atom. The van der Waals surface area contributed by atoms with Crippen molar-refractivity contribution in [1.82, 2.24) is 9.80 Å². The molecule has 2 aliphatic heterocycles. The summed E-state index contributed by atoms with van der Waals surface area (Å²) in [5.41, 5.74) is 7.90. The standard InChI is InChI=1S/C21H31N3O2/c22-16-18-6-4-17(5-7-18)8-9-20(25)23-14-10-19(11-15-23)21(26)24-12-2-1-3-13-24/h4-7,19H,1-3,8-16,22H2. The summed E-state index contributed by atoms with van der Waals surface area (Å²) in [4.78, 5) is 29.1. The Hall–Kier alpha value is -1.88. The van der Waals surface area contributed by atoms with Crippen molar-refractivity contribution in [2.45, 2.75) is 51.5 Å². The molecule has 2 amide bonds. The van der Waals surface area contributed by atoms with E-state index in [0.29, 0.717) is 18.9 Å². The molecule has 2 aliphatic rings. The average molecular weight is 357 g/mol. The Kier molecular flexibility index (Phi) is 6.67. The lowest BCUT2D eigenvalue weighted by Crippen LogP contribution is -2.45. The molecule has 5 nitrogen and oxygen atoms in total. The van der Waals surface area contributed by atoms with Crippen molar-refractivity contribution in [1.29, 1.82) is 0 Å². The number of rotatable bonds is 5. The molecule has 0 bridgehead atoms. The van der Waals surface area contributed by atoms with Gasteiger partial charge in [-0.05, 0) is 49.7 Å². The van der Waals surface area contributed by atoms with Crippen LogP contribution in [0.15, 0.2) is 24.3 Å². The van der Waals surface area contributed by atoms with Gasteiger partial charge >= 0.3 is 0 Å². The molecule has 0 radical (unpaired) electrons. The Bertz CT molecular complexity index is 600. The highest BCUT2D eigenvalue weighted by Crippen LogP contribution is 2.22. The van der Waals surface area contributed by atoms with E-state index in [1.165, 1.54) is 12.0 Å². The Morgan fingerprint density at radius 3 is 2.12 bits per heavy atom. The molecule has 0 spiro atoms. The van der Waals surface area contributed by atoms with Gasteiger partial charge < -0.3 is 15.5 Å². The Labute approximate surface area is 156 Å². The number of nitrogens with two attached hydrogens (primary N) is 1. The minimum Gasteiger partial charge on any atom is -0.343 e. The number of amides is 2. The summed E-state index contributed by atoms with van der Waals surface area (Å²) in [5, 5.41) is 0. The van der Waals surface area contributed by atoms with Gasteiger partial charge in [-0.25, -0.2) is 0 Å². The zero-order valence-electron chi connectivity index (χ0n) is 15.7. The molecule has 1 aromatic carbocycles. The van der Waals surface area contributed by atoms with Crippen LogP contribution in [-0.4, -0.2) is 47.8 Å². The molecule has 2 saturated heterocycles. The molecule has 1 aromatic rings. The van der Waals surface area contributed by atoms with Gasteiger partial charge in [0.15, 0.2) is 0 Å². The second-order valence-corrected chi connectivity index (χ2v) is 7.56. The average Bonchev–Trinajstić information content (AvgIpc) is 2.72. The molecule has 142 valence electrons. The van der Waals surface area contributed by atoms with Crippen molar-refractivity contribution in [3.8, 4) is 0 Å². The molecule has 0 unspecified atom stereocenters. The first-order chi connectivity index (χ1) is 12.7. The zero-order chi connectivity index (χ0) is 18.4. The second-order valence-electron chi connectivity index (χ2n) is 7.56. The first-order valence-electron chi connectivity index (χ1n) is 10.0. The van der Waals surface area contributed by atoms with Crippen LogP contribution < -0.4 is 5.73 Å². The van der Waals surface area contributed by atoms with E-state index < -0.39 is 0 Å². The molecule has 2 fully saturated rings. The summed E-state index contributed by atoms with van der Waals surface area (Å²) in [6.07, 6.45) is 6.43. The molecule has 0 saturated carbocycles. The van der Waals surface area contributed by atoms with Gasteiger partial charge in [-0.3, -0.25) is 9.59 Å². The fourth-order valence-electron chi connectivity index (χ4n) is 4.00. The number of carbonyl (C=O) groups excluding carboxylic acids is 2. The molecule has 5 heteroatoms. The molecule has 0 aromatic heterocycles. The van der Waals surface area contributed by atoms with Crippen LogP contribution in [0.2, 0.25) is 0 Å². The van der Waals surface area contributed by atoms with Crippen molar-refractivity contribution in [3.63, 3.8) is 0 Å². The normalized spacial score (nSPS) is 18.8. The number of likely N-dealkylation sites (tertiary alicyclic amines) is 2. The molecule has 26 heavy (non-hydrogen) atoms. The Morgan fingerprint density at radius 2 is 1.50 bits per heavy atom. The Balaban J connectivity index is 1.42. The van der Waals surface area contributed by atoms with Gasteiger partial charge in [0.1, 0.15) is 0 Å². The number of piperidine rings is 2. The summed E-state index contributed by atoms with van der Waals surface area (Å²) >= 11 is 0. The molecule has 2 N–H and O–H groups in total. The highest BCUT2D eigenvalue weighted by Gasteiger charge is 2.30. The molecule has 2 heterocycles. The lowest BCUT2D eigenvalue weighted by atomic mass is 9.94. The third-order valence-electron chi connectivity index (χ3n) is 5.75. The highest BCUT2D eigenvalue weighted by molar-refractivity contribution is 5.80. The van der Waals surface area contributed by atoms with Crippen LogP contribution in [0.4, 0.5) is 0 Å². The van der Waals surface area contributed by atoms with E-state index in [4.69, 9.17) is 5.73 Å². The van der Waals surface area contributed by atoms with Crippen LogP contribution in [0.5, 0.6) is 0 Å². The minimum atomic E-state index is 0.112. The first-order valence-corrected chi connectivity index (χ1v) is 10.0. The van der Waals surface area contributed by atoms with Gasteiger partial charge in [0.05, 0.1) is 0 Å². The number of hydrogen-bond donors (Lipinski definition) is 1. The van der Waals surface area contributed by atoms with E-state index in [-0.39, 0.29) is 11.8 Å². The maximum absolute atomic E-state index is 12.6. The van der Waals surface area contributed by atoms with Crippen molar-refractivity contribution in [2.24, 2.45) is 11.7 Å². The molecular formula is C21H31N3O2. The monoisotopic (exact) mass is 357 g/mol. The van der Waals surface area contributed by atoms with Crippen molar-refractivity contribution in [2.75, 3.05) is 26.2 Å². The predicted molar refractivity (Wildman–Crippen MR) is 102 cm³/mol. The van der Waals surface area contributed by atoms with Gasteiger partial charge in [0, 0.05) is 45.1 Å². The highest BCUT2D eigenvalue weighted by atomic mass is 16.2. The number of benzene rings is 1. The third kappa shape index (κ3) is 4.85. The number of nitrogens with zero attached hydrogens (tertiary/aromatic N) is 2. The van der Waals surface area contributed by atoms with E-state index >= 15 is 0 Å². The van der Waals surface area contributed by atoms with Crippen LogP contribution in [-0.2, 0) is 22.6 Å². The molecular weight excluding hydrogens is 326 g/mol. The van der Waals surface area contributed by atoms with Crippen molar-refractivity contribution < 1.29 is 9.59 Å². The fraction of sp³-hybridized carbons (Fsp3) is 0.619.